The lowest BCUT2D eigenvalue weighted by Crippen LogP contribution is -1.90. The highest BCUT2D eigenvalue weighted by Crippen LogP contribution is 2.23. The number of rotatable bonds is 1. The Kier molecular flexibility index (Phi) is 2.46. The number of hydrogen-bond donors (Lipinski definition) is 1. The van der Waals surface area contributed by atoms with Crippen molar-refractivity contribution in [3.63, 3.8) is 0 Å². The zero-order valence-corrected chi connectivity index (χ0v) is 11.3. The molecule has 2 aromatic heterocycles. The van der Waals surface area contributed by atoms with Crippen molar-refractivity contribution in [3.05, 3.63) is 44.3 Å². The number of nitrogens with zero attached hydrogens (tertiary/aromatic N) is 1. The molecule has 0 amide bonds. The molecular formula is C11H7BrN2S2. The van der Waals surface area contributed by atoms with Gasteiger partial charge in [0.25, 0.3) is 0 Å². The van der Waals surface area contributed by atoms with Gasteiger partial charge in [0.2, 0.25) is 0 Å². The summed E-state index contributed by atoms with van der Waals surface area (Å²) in [5, 5.41) is 4.14. The average molecular weight is 311 g/mol. The molecule has 1 N–H and O–H groups in total. The number of imidazole rings is 1. The largest absolute Gasteiger partial charge is 0.330 e. The van der Waals surface area contributed by atoms with Crippen molar-refractivity contribution in [1.29, 1.82) is 0 Å². The summed E-state index contributed by atoms with van der Waals surface area (Å²) < 4.78 is 3.83. The predicted molar refractivity (Wildman–Crippen MR) is 74.0 cm³/mol. The van der Waals surface area contributed by atoms with Crippen molar-refractivity contribution in [1.82, 2.24) is 9.55 Å². The van der Waals surface area contributed by atoms with Crippen LogP contribution in [0.15, 0.2) is 39.5 Å². The number of thiophene rings is 1. The smallest absolute Gasteiger partial charge is 0.182 e. The molecule has 16 heavy (non-hydrogen) atoms. The van der Waals surface area contributed by atoms with Gasteiger partial charge in [-0.1, -0.05) is 15.9 Å². The predicted octanol–water partition coefficient (Wildman–Crippen LogP) is 4.51. The highest BCUT2D eigenvalue weighted by molar-refractivity contribution is 9.10. The Labute approximate surface area is 110 Å². The van der Waals surface area contributed by atoms with E-state index in [2.05, 4.69) is 43.8 Å². The first kappa shape index (κ1) is 10.3. The summed E-state index contributed by atoms with van der Waals surface area (Å²) >= 11 is 10.5. The molecule has 0 radical (unpaired) electrons. The number of H-pyrrole nitrogens is 1. The Morgan fingerprint density at radius 2 is 2.19 bits per heavy atom. The lowest BCUT2D eigenvalue weighted by atomic mass is 10.3. The number of halogens is 1. The highest BCUT2D eigenvalue weighted by Gasteiger charge is 2.06. The minimum Gasteiger partial charge on any atom is -0.330 e. The van der Waals surface area contributed by atoms with Gasteiger partial charge in [-0.05, 0) is 41.9 Å². The monoisotopic (exact) mass is 310 g/mol. The molecule has 3 rings (SSSR count). The second-order valence-electron chi connectivity index (χ2n) is 3.41. The first-order valence-electron chi connectivity index (χ1n) is 4.68. The molecule has 0 bridgehead atoms. The van der Waals surface area contributed by atoms with Crippen LogP contribution in [0.4, 0.5) is 0 Å². The summed E-state index contributed by atoms with van der Waals surface area (Å²) in [5.74, 6) is 0. The fraction of sp³-hybridized carbons (Fsp3) is 0. The number of nitrogens with one attached hydrogen (secondary N) is 1. The molecule has 3 aromatic rings. The number of aromatic nitrogens is 2. The quantitative estimate of drug-likeness (QED) is 0.656. The molecule has 2 heterocycles. The maximum Gasteiger partial charge on any atom is 0.182 e. The van der Waals surface area contributed by atoms with Crippen molar-refractivity contribution in [2.45, 2.75) is 0 Å². The Bertz CT molecular complexity index is 694. The van der Waals surface area contributed by atoms with Gasteiger partial charge in [-0.2, -0.15) is 11.3 Å². The van der Waals surface area contributed by atoms with Gasteiger partial charge in [0, 0.05) is 9.85 Å². The van der Waals surface area contributed by atoms with E-state index >= 15 is 0 Å². The molecular weight excluding hydrogens is 304 g/mol. The minimum absolute atomic E-state index is 0.728. The molecule has 1 aromatic carbocycles. The van der Waals surface area contributed by atoms with Gasteiger partial charge in [0.1, 0.15) is 0 Å². The van der Waals surface area contributed by atoms with Crippen molar-refractivity contribution in [3.8, 4) is 5.69 Å². The van der Waals surface area contributed by atoms with E-state index in [0.29, 0.717) is 0 Å². The molecule has 0 fully saturated rings. The van der Waals surface area contributed by atoms with E-state index in [1.54, 1.807) is 11.3 Å². The third-order valence-electron chi connectivity index (χ3n) is 2.41. The third kappa shape index (κ3) is 1.55. The van der Waals surface area contributed by atoms with Crippen LogP contribution in [0.25, 0.3) is 16.7 Å². The molecule has 0 spiro atoms. The number of benzene rings is 1. The van der Waals surface area contributed by atoms with Gasteiger partial charge in [-0.15, -0.1) is 0 Å². The van der Waals surface area contributed by atoms with Crippen molar-refractivity contribution in [2.24, 2.45) is 0 Å². The molecule has 0 saturated heterocycles. The van der Waals surface area contributed by atoms with Crippen LogP contribution < -0.4 is 0 Å². The van der Waals surface area contributed by atoms with Crippen molar-refractivity contribution in [2.75, 3.05) is 0 Å². The van der Waals surface area contributed by atoms with Gasteiger partial charge in [0.15, 0.2) is 4.77 Å². The SMILES string of the molecule is S=c1[nH]c2cc(Br)ccc2n1-c1ccsc1. The number of fused-ring (bicyclic) bond motifs is 1. The minimum atomic E-state index is 0.728. The van der Waals surface area contributed by atoms with Crippen molar-refractivity contribution >= 4 is 50.5 Å². The fourth-order valence-electron chi connectivity index (χ4n) is 1.72. The maximum absolute atomic E-state index is 5.34. The zero-order chi connectivity index (χ0) is 11.1. The topological polar surface area (TPSA) is 20.7 Å². The van der Waals surface area contributed by atoms with E-state index in [1.807, 2.05) is 16.7 Å². The van der Waals surface area contributed by atoms with E-state index in [-0.39, 0.29) is 0 Å². The molecule has 0 aliphatic heterocycles. The summed E-state index contributed by atoms with van der Waals surface area (Å²) in [6.45, 7) is 0. The van der Waals surface area contributed by atoms with E-state index in [4.69, 9.17) is 12.2 Å². The van der Waals surface area contributed by atoms with Gasteiger partial charge >= 0.3 is 0 Å². The van der Waals surface area contributed by atoms with Crippen LogP contribution >= 0.6 is 39.5 Å². The fourth-order valence-corrected chi connectivity index (χ4v) is 3.02. The van der Waals surface area contributed by atoms with E-state index < -0.39 is 0 Å². The van der Waals surface area contributed by atoms with Gasteiger partial charge in [-0.3, -0.25) is 4.57 Å². The standard InChI is InChI=1S/C11H7BrN2S2/c12-7-1-2-10-9(5-7)13-11(15)14(10)8-3-4-16-6-8/h1-6H,(H,13,15). The average Bonchev–Trinajstić information content (AvgIpc) is 2.83. The molecule has 0 atom stereocenters. The Hall–Kier alpha value is -0.910. The Balaban J connectivity index is 2.41. The Morgan fingerprint density at radius 1 is 1.31 bits per heavy atom. The van der Waals surface area contributed by atoms with Crippen molar-refractivity contribution < 1.29 is 0 Å². The molecule has 0 aliphatic rings. The van der Waals surface area contributed by atoms with Crippen LogP contribution in [0.3, 0.4) is 0 Å². The molecule has 80 valence electrons. The first-order chi connectivity index (χ1) is 7.75. The summed E-state index contributed by atoms with van der Waals surface area (Å²) in [4.78, 5) is 3.21. The van der Waals surface area contributed by atoms with Crippen LogP contribution in [0.5, 0.6) is 0 Å². The normalized spacial score (nSPS) is 11.1. The summed E-state index contributed by atoms with van der Waals surface area (Å²) in [6, 6.07) is 8.18. The van der Waals surface area contributed by atoms with Crippen LogP contribution in [0.1, 0.15) is 0 Å². The second-order valence-corrected chi connectivity index (χ2v) is 5.49. The van der Waals surface area contributed by atoms with E-state index in [9.17, 15) is 0 Å². The van der Waals surface area contributed by atoms with Gasteiger partial charge < -0.3 is 4.98 Å². The second kappa shape index (κ2) is 3.84. The van der Waals surface area contributed by atoms with E-state index in [1.165, 1.54) is 0 Å². The first-order valence-corrected chi connectivity index (χ1v) is 6.83. The number of aromatic amines is 1. The lowest BCUT2D eigenvalue weighted by Gasteiger charge is -2.00. The summed E-state index contributed by atoms with van der Waals surface area (Å²) in [5.41, 5.74) is 3.26. The van der Waals surface area contributed by atoms with Crippen LogP contribution in [0.2, 0.25) is 0 Å². The zero-order valence-electron chi connectivity index (χ0n) is 8.11. The van der Waals surface area contributed by atoms with Crippen LogP contribution in [-0.2, 0) is 0 Å². The molecule has 0 unspecified atom stereocenters. The molecule has 0 saturated carbocycles. The van der Waals surface area contributed by atoms with Gasteiger partial charge in [0.05, 0.1) is 16.7 Å². The molecule has 5 heteroatoms. The molecule has 0 aliphatic carbocycles. The van der Waals surface area contributed by atoms with Crippen LogP contribution in [0, 0.1) is 4.77 Å². The summed E-state index contributed by atoms with van der Waals surface area (Å²) in [6.07, 6.45) is 0. The van der Waals surface area contributed by atoms with E-state index in [0.717, 1.165) is 26.0 Å². The van der Waals surface area contributed by atoms with Crippen LogP contribution in [-0.4, -0.2) is 9.55 Å². The number of hydrogen-bond acceptors (Lipinski definition) is 2. The van der Waals surface area contributed by atoms with Gasteiger partial charge in [-0.25, -0.2) is 0 Å². The Morgan fingerprint density at radius 3 is 2.94 bits per heavy atom. The highest BCUT2D eigenvalue weighted by atomic mass is 79.9. The lowest BCUT2D eigenvalue weighted by molar-refractivity contribution is 1.07. The maximum atomic E-state index is 5.34. The molecule has 2 nitrogen and oxygen atoms in total. The summed E-state index contributed by atoms with van der Waals surface area (Å²) in [7, 11) is 0. The third-order valence-corrected chi connectivity index (χ3v) is 3.86.